The lowest BCUT2D eigenvalue weighted by atomic mass is 9.80. The molecule has 1 aromatic rings. The van der Waals surface area contributed by atoms with Gasteiger partial charge in [-0.2, -0.15) is 4.31 Å². The molecule has 35 heavy (non-hydrogen) atoms. The number of piperidine rings is 1. The largest absolute Gasteiger partial charge is 0.493 e. The summed E-state index contributed by atoms with van der Waals surface area (Å²) in [5.74, 6) is 2.09. The third-order valence-corrected chi connectivity index (χ3v) is 10.4. The molecule has 0 amide bonds. The number of benzene rings is 1. The van der Waals surface area contributed by atoms with Crippen molar-refractivity contribution in [3.8, 4) is 5.75 Å². The Bertz CT molecular complexity index is 1080. The van der Waals surface area contributed by atoms with Crippen LogP contribution in [0.15, 0.2) is 23.1 Å². The summed E-state index contributed by atoms with van der Waals surface area (Å²) in [4.78, 5) is 0.226. The lowest BCUT2D eigenvalue weighted by Crippen LogP contribution is -2.58. The molecular weight excluding hydrogens is 488 g/mol. The van der Waals surface area contributed by atoms with Gasteiger partial charge in [-0.3, -0.25) is 0 Å². The minimum atomic E-state index is -3.84. The molecule has 1 aliphatic carbocycles. The fraction of sp³-hybridized carbons (Fsp3) is 0.760. The predicted octanol–water partition coefficient (Wildman–Crippen LogP) is 3.31. The molecule has 2 aliphatic heterocycles. The van der Waals surface area contributed by atoms with Gasteiger partial charge in [0.2, 0.25) is 20.0 Å². The minimum absolute atomic E-state index is 0.0799. The van der Waals surface area contributed by atoms with E-state index >= 15 is 0 Å². The molecule has 2 fully saturated rings. The molecular formula is C25H40N2O6S2. The Balaban J connectivity index is 1.55. The third-order valence-electron chi connectivity index (χ3n) is 7.74. The van der Waals surface area contributed by atoms with E-state index in [9.17, 15) is 16.8 Å². The summed E-state index contributed by atoms with van der Waals surface area (Å²) < 4.78 is 67.9. The van der Waals surface area contributed by atoms with Crippen molar-refractivity contribution in [2.75, 3.05) is 26.0 Å². The Morgan fingerprint density at radius 1 is 1.09 bits per heavy atom. The van der Waals surface area contributed by atoms with Gasteiger partial charge in [0, 0.05) is 12.6 Å². The molecule has 1 N–H and O–H groups in total. The van der Waals surface area contributed by atoms with E-state index in [1.54, 1.807) is 18.2 Å². The highest BCUT2D eigenvalue weighted by Gasteiger charge is 2.41. The fourth-order valence-electron chi connectivity index (χ4n) is 5.73. The van der Waals surface area contributed by atoms with Crippen LogP contribution in [0.5, 0.6) is 5.75 Å². The van der Waals surface area contributed by atoms with Gasteiger partial charge in [-0.15, -0.1) is 0 Å². The molecule has 2 atom stereocenters. The molecule has 1 saturated carbocycles. The van der Waals surface area contributed by atoms with E-state index < -0.39 is 32.1 Å². The predicted molar refractivity (Wildman–Crippen MR) is 135 cm³/mol. The first-order valence-corrected chi connectivity index (χ1v) is 16.2. The molecule has 10 heteroatoms. The first-order chi connectivity index (χ1) is 16.5. The third kappa shape index (κ3) is 6.57. The van der Waals surface area contributed by atoms with E-state index in [-0.39, 0.29) is 17.6 Å². The van der Waals surface area contributed by atoms with Crippen LogP contribution in [0.25, 0.3) is 0 Å². The minimum Gasteiger partial charge on any atom is -0.493 e. The lowest BCUT2D eigenvalue weighted by Gasteiger charge is -2.41. The Morgan fingerprint density at radius 3 is 2.51 bits per heavy atom. The lowest BCUT2D eigenvalue weighted by molar-refractivity contribution is -0.0173. The second-order valence-electron chi connectivity index (χ2n) is 10.7. The summed E-state index contributed by atoms with van der Waals surface area (Å²) in [5.41, 5.74) is 0.898. The van der Waals surface area contributed by atoms with Gasteiger partial charge in [0.25, 0.3) is 0 Å². The standard InChI is InChI=1S/C25H40N2O6S2/c1-18(2)19-8-10-21(11-9-19)33-17-24-23(26-34(3,28)29)7-4-14-27(24)35(30,31)22-12-13-25-20(16-22)6-5-15-32-25/h12-13,16,18-19,21,23-24,26H,4-11,14-15,17H2,1-3H3/t19-,21+,23-,24-/m0/s1. The molecule has 1 aromatic carbocycles. The van der Waals surface area contributed by atoms with Crippen molar-refractivity contribution in [1.82, 2.24) is 9.03 Å². The van der Waals surface area contributed by atoms with Crippen LogP contribution in [-0.2, 0) is 31.2 Å². The molecule has 4 rings (SSSR count). The summed E-state index contributed by atoms with van der Waals surface area (Å²) in [5, 5.41) is 0. The maximum Gasteiger partial charge on any atom is 0.243 e. The van der Waals surface area contributed by atoms with E-state index in [4.69, 9.17) is 9.47 Å². The maximum atomic E-state index is 13.8. The number of rotatable bonds is 8. The zero-order valence-electron chi connectivity index (χ0n) is 21.1. The van der Waals surface area contributed by atoms with Crippen molar-refractivity contribution in [3.63, 3.8) is 0 Å². The van der Waals surface area contributed by atoms with E-state index in [1.165, 1.54) is 4.31 Å². The van der Waals surface area contributed by atoms with Crippen LogP contribution in [0.3, 0.4) is 0 Å². The van der Waals surface area contributed by atoms with Gasteiger partial charge < -0.3 is 9.47 Å². The average Bonchev–Trinajstić information content (AvgIpc) is 2.82. The van der Waals surface area contributed by atoms with Crippen molar-refractivity contribution in [2.24, 2.45) is 11.8 Å². The van der Waals surface area contributed by atoms with Gasteiger partial charge in [0.05, 0.1) is 36.5 Å². The summed E-state index contributed by atoms with van der Waals surface area (Å²) in [7, 11) is -7.35. The van der Waals surface area contributed by atoms with Crippen molar-refractivity contribution in [3.05, 3.63) is 23.8 Å². The van der Waals surface area contributed by atoms with Gasteiger partial charge >= 0.3 is 0 Å². The van der Waals surface area contributed by atoms with Crippen LogP contribution in [0.2, 0.25) is 0 Å². The molecule has 0 bridgehead atoms. The maximum absolute atomic E-state index is 13.8. The second-order valence-corrected chi connectivity index (χ2v) is 14.3. The number of nitrogens with one attached hydrogen (secondary N) is 1. The first-order valence-electron chi connectivity index (χ1n) is 12.9. The van der Waals surface area contributed by atoms with E-state index in [2.05, 4.69) is 18.6 Å². The van der Waals surface area contributed by atoms with Crippen LogP contribution >= 0.6 is 0 Å². The Kier molecular flexibility index (Phi) is 8.47. The smallest absolute Gasteiger partial charge is 0.243 e. The summed E-state index contributed by atoms with van der Waals surface area (Å²) in [6.07, 6.45) is 8.12. The molecule has 1 saturated heterocycles. The topological polar surface area (TPSA) is 102 Å². The molecule has 0 unspecified atom stereocenters. The van der Waals surface area contributed by atoms with E-state index in [0.717, 1.165) is 56.1 Å². The SMILES string of the molecule is CC(C)[C@H]1CC[C@@H](OC[C@H]2[C@@H](NS(C)(=O)=O)CCCN2S(=O)(=O)c2ccc3c(c2)CCCO3)CC1. The van der Waals surface area contributed by atoms with Crippen LogP contribution in [0.1, 0.15) is 64.4 Å². The monoisotopic (exact) mass is 528 g/mol. The molecule has 3 aliphatic rings. The summed E-state index contributed by atoms with van der Waals surface area (Å²) in [6, 6.07) is 3.91. The number of aryl methyl sites for hydroxylation is 1. The summed E-state index contributed by atoms with van der Waals surface area (Å²) >= 11 is 0. The Hall–Kier alpha value is -1.20. The fourth-order valence-corrected chi connectivity index (χ4v) is 8.29. The molecule has 8 nitrogen and oxygen atoms in total. The normalized spacial score (nSPS) is 28.5. The van der Waals surface area contributed by atoms with Gasteiger partial charge in [-0.25, -0.2) is 21.6 Å². The number of fused-ring (bicyclic) bond motifs is 1. The summed E-state index contributed by atoms with van der Waals surface area (Å²) in [6.45, 7) is 5.67. The van der Waals surface area contributed by atoms with Gasteiger partial charge in [-0.05, 0) is 87.0 Å². The zero-order chi connectivity index (χ0) is 25.2. The van der Waals surface area contributed by atoms with Crippen molar-refractivity contribution in [2.45, 2.75) is 88.3 Å². The van der Waals surface area contributed by atoms with Gasteiger partial charge in [0.15, 0.2) is 0 Å². The Labute approximate surface area is 210 Å². The Morgan fingerprint density at radius 2 is 1.83 bits per heavy atom. The zero-order valence-corrected chi connectivity index (χ0v) is 22.7. The van der Waals surface area contributed by atoms with Crippen LogP contribution in [0, 0.1) is 11.8 Å². The molecule has 0 radical (unpaired) electrons. The van der Waals surface area contributed by atoms with Crippen molar-refractivity contribution >= 4 is 20.0 Å². The second kappa shape index (κ2) is 11.0. The molecule has 198 valence electrons. The van der Waals surface area contributed by atoms with E-state index in [1.807, 2.05) is 0 Å². The highest BCUT2D eigenvalue weighted by Crippen LogP contribution is 2.34. The quantitative estimate of drug-likeness (QED) is 0.555. The number of sulfonamides is 2. The molecule has 2 heterocycles. The molecule has 0 spiro atoms. The number of hydrogen-bond acceptors (Lipinski definition) is 6. The van der Waals surface area contributed by atoms with Crippen molar-refractivity contribution < 1.29 is 26.3 Å². The molecule has 0 aromatic heterocycles. The van der Waals surface area contributed by atoms with Gasteiger partial charge in [-0.1, -0.05) is 13.8 Å². The van der Waals surface area contributed by atoms with E-state index in [0.29, 0.717) is 37.8 Å². The number of nitrogens with zero attached hydrogens (tertiary/aromatic N) is 1. The van der Waals surface area contributed by atoms with Crippen molar-refractivity contribution in [1.29, 1.82) is 0 Å². The van der Waals surface area contributed by atoms with Crippen LogP contribution < -0.4 is 9.46 Å². The van der Waals surface area contributed by atoms with Crippen LogP contribution in [-0.4, -0.2) is 65.3 Å². The first kappa shape index (κ1) is 26.9. The highest BCUT2D eigenvalue weighted by atomic mass is 32.2. The average molecular weight is 529 g/mol. The van der Waals surface area contributed by atoms with Crippen LogP contribution in [0.4, 0.5) is 0 Å². The number of hydrogen-bond donors (Lipinski definition) is 1. The van der Waals surface area contributed by atoms with Gasteiger partial charge in [0.1, 0.15) is 5.75 Å². The highest BCUT2D eigenvalue weighted by molar-refractivity contribution is 7.89. The number of ether oxygens (including phenoxy) is 2.